The monoisotopic (exact) mass is 359 g/mol. The molecule has 1 saturated carbocycles. The molecule has 1 aliphatic carbocycles. The summed E-state index contributed by atoms with van der Waals surface area (Å²) in [5, 5.41) is 16.3. The van der Waals surface area contributed by atoms with Crippen LogP contribution in [0.5, 0.6) is 0 Å². The number of carboxylic acid groups (broad SMARTS) is 1. The van der Waals surface area contributed by atoms with E-state index in [2.05, 4.69) is 0 Å². The number of amidine groups is 1. The van der Waals surface area contributed by atoms with Crippen LogP contribution in [0, 0.1) is 10.8 Å². The summed E-state index contributed by atoms with van der Waals surface area (Å²) in [4.78, 5) is 24.4. The van der Waals surface area contributed by atoms with Crippen molar-refractivity contribution in [3.63, 3.8) is 0 Å². The maximum absolute atomic E-state index is 12.1. The van der Waals surface area contributed by atoms with Gasteiger partial charge in [-0.2, -0.15) is 0 Å². The third-order valence-corrected chi connectivity index (χ3v) is 5.48. The van der Waals surface area contributed by atoms with E-state index in [0.29, 0.717) is 25.1 Å². The molecular formula is C19H25N3O4. The van der Waals surface area contributed by atoms with Crippen LogP contribution < -0.4 is 5.73 Å². The van der Waals surface area contributed by atoms with E-state index >= 15 is 0 Å². The normalized spacial score (nSPS) is 25.6. The van der Waals surface area contributed by atoms with Crippen LogP contribution in [-0.4, -0.2) is 46.9 Å². The molecule has 1 aromatic carbocycles. The number of carbonyl (C=O) groups excluding carboxylic acids is 1. The van der Waals surface area contributed by atoms with Crippen molar-refractivity contribution in [2.75, 3.05) is 13.1 Å². The van der Waals surface area contributed by atoms with E-state index in [-0.39, 0.29) is 29.8 Å². The van der Waals surface area contributed by atoms with Crippen LogP contribution in [0.4, 0.5) is 0 Å². The fraction of sp³-hybridized carbons (Fsp3) is 0.526. The number of carboxylic acids is 1. The first-order chi connectivity index (χ1) is 12.4. The van der Waals surface area contributed by atoms with Gasteiger partial charge in [0, 0.05) is 18.5 Å². The van der Waals surface area contributed by atoms with Crippen LogP contribution in [0.3, 0.4) is 0 Å². The quantitative estimate of drug-likeness (QED) is 0.528. The lowest BCUT2D eigenvalue weighted by Crippen LogP contribution is -2.36. The maximum Gasteiger partial charge on any atom is 0.323 e. The van der Waals surface area contributed by atoms with E-state index in [1.165, 1.54) is 4.90 Å². The molecule has 1 spiro atoms. The number of carbonyl (C=O) groups is 2. The highest BCUT2D eigenvalue weighted by Crippen LogP contribution is 2.44. The topological polar surface area (TPSA) is 117 Å². The number of hydrogen-bond acceptors (Lipinski definition) is 4. The highest BCUT2D eigenvalue weighted by atomic mass is 16.5. The summed E-state index contributed by atoms with van der Waals surface area (Å²) in [5.74, 6) is -0.946. The number of nitrogens with one attached hydrogen (secondary N) is 1. The van der Waals surface area contributed by atoms with Crippen molar-refractivity contribution in [2.45, 2.75) is 44.8 Å². The van der Waals surface area contributed by atoms with E-state index < -0.39 is 5.97 Å². The average Bonchev–Trinajstić information content (AvgIpc) is 2.89. The number of likely N-dealkylation sites (tertiary alicyclic amines) is 1. The van der Waals surface area contributed by atoms with Crippen LogP contribution in [-0.2, 0) is 20.9 Å². The van der Waals surface area contributed by atoms with Crippen molar-refractivity contribution in [2.24, 2.45) is 11.1 Å². The molecule has 2 aliphatic rings. The summed E-state index contributed by atoms with van der Waals surface area (Å²) in [5.41, 5.74) is 7.12. The number of rotatable bonds is 6. The molecule has 2 fully saturated rings. The Kier molecular flexibility index (Phi) is 5.27. The number of amides is 1. The number of benzene rings is 1. The minimum atomic E-state index is -0.955. The Balaban J connectivity index is 1.47. The second kappa shape index (κ2) is 7.45. The molecule has 1 saturated heterocycles. The van der Waals surface area contributed by atoms with Crippen LogP contribution >= 0.6 is 0 Å². The first kappa shape index (κ1) is 18.4. The lowest BCUT2D eigenvalue weighted by atomic mass is 9.72. The van der Waals surface area contributed by atoms with Gasteiger partial charge in [0.15, 0.2) is 0 Å². The Morgan fingerprint density at radius 1 is 1.31 bits per heavy atom. The minimum Gasteiger partial charge on any atom is -0.480 e. The van der Waals surface area contributed by atoms with Gasteiger partial charge in [-0.15, -0.1) is 0 Å². The zero-order valence-electron chi connectivity index (χ0n) is 14.7. The van der Waals surface area contributed by atoms with Gasteiger partial charge in [-0.05, 0) is 36.7 Å². The Morgan fingerprint density at radius 3 is 2.54 bits per heavy atom. The number of ether oxygens (including phenoxy) is 1. The van der Waals surface area contributed by atoms with Crippen molar-refractivity contribution in [3.8, 4) is 0 Å². The molecule has 7 nitrogen and oxygen atoms in total. The highest BCUT2D eigenvalue weighted by Gasteiger charge is 2.45. The van der Waals surface area contributed by atoms with Gasteiger partial charge in [-0.3, -0.25) is 15.0 Å². The van der Waals surface area contributed by atoms with Gasteiger partial charge in [0.25, 0.3) is 0 Å². The standard InChI is InChI=1S/C19H25N3O4/c20-18(21)14-3-1-13(2-4-14)11-26-15-5-7-19(8-6-15)9-16(23)22(12-19)10-17(24)25/h1-4,15H,5-12H2,(H3,20,21)(H,24,25). The molecule has 0 atom stereocenters. The molecule has 1 aromatic rings. The number of aliphatic carboxylic acids is 1. The Bertz CT molecular complexity index is 693. The van der Waals surface area contributed by atoms with E-state index in [4.69, 9.17) is 21.0 Å². The molecule has 0 radical (unpaired) electrons. The molecule has 0 bridgehead atoms. The van der Waals surface area contributed by atoms with Crippen molar-refractivity contribution in [3.05, 3.63) is 35.4 Å². The predicted octanol–water partition coefficient (Wildman–Crippen LogP) is 1.73. The summed E-state index contributed by atoms with van der Waals surface area (Å²) < 4.78 is 6.01. The first-order valence-corrected chi connectivity index (χ1v) is 8.91. The molecule has 26 heavy (non-hydrogen) atoms. The molecule has 0 unspecified atom stereocenters. The second-order valence-corrected chi connectivity index (χ2v) is 7.44. The fourth-order valence-electron chi connectivity index (χ4n) is 3.99. The van der Waals surface area contributed by atoms with Crippen LogP contribution in [0.15, 0.2) is 24.3 Å². The third-order valence-electron chi connectivity index (χ3n) is 5.48. The number of nitrogen functional groups attached to an aromatic ring is 1. The van der Waals surface area contributed by atoms with Gasteiger partial charge in [0.05, 0.1) is 12.7 Å². The maximum atomic E-state index is 12.1. The van der Waals surface area contributed by atoms with Crippen molar-refractivity contribution < 1.29 is 19.4 Å². The number of nitrogens with two attached hydrogens (primary N) is 1. The molecule has 7 heteroatoms. The summed E-state index contributed by atoms with van der Waals surface area (Å²) in [6.45, 7) is 0.869. The zero-order valence-corrected chi connectivity index (χ0v) is 14.7. The number of nitrogens with zero attached hydrogens (tertiary/aromatic N) is 1. The van der Waals surface area contributed by atoms with Crippen molar-refractivity contribution in [1.29, 1.82) is 5.41 Å². The molecule has 1 aliphatic heterocycles. The SMILES string of the molecule is N=C(N)c1ccc(COC2CCC3(CC2)CC(=O)N(CC(=O)O)C3)cc1. The van der Waals surface area contributed by atoms with Gasteiger partial charge in [-0.1, -0.05) is 24.3 Å². The molecular weight excluding hydrogens is 334 g/mol. The van der Waals surface area contributed by atoms with E-state index in [1.807, 2.05) is 24.3 Å². The van der Waals surface area contributed by atoms with Gasteiger partial charge in [-0.25, -0.2) is 0 Å². The summed E-state index contributed by atoms with van der Waals surface area (Å²) in [6.07, 6.45) is 4.18. The molecule has 4 N–H and O–H groups in total. The van der Waals surface area contributed by atoms with Crippen LogP contribution in [0.25, 0.3) is 0 Å². The lowest BCUT2D eigenvalue weighted by molar-refractivity contribution is -0.142. The Hall–Kier alpha value is -2.41. The van der Waals surface area contributed by atoms with Crippen LogP contribution in [0.2, 0.25) is 0 Å². The van der Waals surface area contributed by atoms with Gasteiger partial charge >= 0.3 is 5.97 Å². The van der Waals surface area contributed by atoms with Crippen molar-refractivity contribution >= 4 is 17.7 Å². The molecule has 140 valence electrons. The first-order valence-electron chi connectivity index (χ1n) is 8.91. The fourth-order valence-corrected chi connectivity index (χ4v) is 3.99. The Morgan fingerprint density at radius 2 is 1.96 bits per heavy atom. The molecule has 1 amide bonds. The van der Waals surface area contributed by atoms with Gasteiger partial charge in [0.1, 0.15) is 12.4 Å². The van der Waals surface area contributed by atoms with E-state index in [0.717, 1.165) is 31.2 Å². The minimum absolute atomic E-state index is 0.0441. The number of hydrogen-bond donors (Lipinski definition) is 3. The molecule has 3 rings (SSSR count). The van der Waals surface area contributed by atoms with Crippen molar-refractivity contribution in [1.82, 2.24) is 4.90 Å². The third kappa shape index (κ3) is 4.22. The van der Waals surface area contributed by atoms with Gasteiger partial charge in [0.2, 0.25) is 5.91 Å². The largest absolute Gasteiger partial charge is 0.480 e. The van der Waals surface area contributed by atoms with Gasteiger partial charge < -0.3 is 20.5 Å². The predicted molar refractivity (Wildman–Crippen MR) is 95.8 cm³/mol. The lowest BCUT2D eigenvalue weighted by Gasteiger charge is -2.36. The Labute approximate surface area is 152 Å². The summed E-state index contributed by atoms with van der Waals surface area (Å²) >= 11 is 0. The summed E-state index contributed by atoms with van der Waals surface area (Å²) in [7, 11) is 0. The highest BCUT2D eigenvalue weighted by molar-refractivity contribution is 5.94. The van der Waals surface area contributed by atoms with E-state index in [1.54, 1.807) is 0 Å². The van der Waals surface area contributed by atoms with E-state index in [9.17, 15) is 9.59 Å². The average molecular weight is 359 g/mol. The van der Waals surface area contributed by atoms with Crippen LogP contribution in [0.1, 0.15) is 43.2 Å². The summed E-state index contributed by atoms with van der Waals surface area (Å²) in [6, 6.07) is 7.47. The second-order valence-electron chi connectivity index (χ2n) is 7.44. The smallest absolute Gasteiger partial charge is 0.323 e. The molecule has 0 aromatic heterocycles. The zero-order chi connectivity index (χ0) is 18.7. The molecule has 1 heterocycles.